The summed E-state index contributed by atoms with van der Waals surface area (Å²) < 4.78 is 13.0. The van der Waals surface area contributed by atoms with E-state index in [0.29, 0.717) is 22.6 Å². The first-order chi connectivity index (χ1) is 17.5. The lowest BCUT2D eigenvalue weighted by molar-refractivity contribution is -0.598. The van der Waals surface area contributed by atoms with Gasteiger partial charge in [-0.2, -0.15) is 4.98 Å². The molecule has 0 N–H and O–H groups in total. The van der Waals surface area contributed by atoms with E-state index in [0.717, 1.165) is 39.9 Å². The molecule has 10 heteroatoms. The molecule has 4 aromatic rings. The van der Waals surface area contributed by atoms with Crippen molar-refractivity contribution in [3.8, 4) is 28.7 Å². The molecule has 0 aliphatic carbocycles. The largest absolute Gasteiger partial charge is 0.493 e. The zero-order valence-electron chi connectivity index (χ0n) is 20.9. The van der Waals surface area contributed by atoms with Gasteiger partial charge in [-0.15, -0.1) is 10.2 Å². The predicted octanol–water partition coefficient (Wildman–Crippen LogP) is 5.44. The van der Waals surface area contributed by atoms with Crippen LogP contribution in [-0.2, 0) is 0 Å². The first-order valence-corrected chi connectivity index (χ1v) is 12.8. The van der Waals surface area contributed by atoms with Crippen LogP contribution >= 0.6 is 11.8 Å². The smallest absolute Gasteiger partial charge is 0.269 e. The number of pyridine rings is 1. The maximum Gasteiger partial charge on any atom is 0.269 e. The monoisotopic (exact) mass is 507 g/mol. The molecule has 2 aromatic carbocycles. The van der Waals surface area contributed by atoms with Crippen LogP contribution in [-0.4, -0.2) is 35.1 Å². The standard InChI is InChI=1S/C26H29N5O4S/c1-5-6-7-8-13-36-26-27-25(28-29-26)30-17(2)14-19-15-22(34-3)23(35-4)16-21(19)24(30)18-9-11-20(12-10-18)31(32)33/h9-12,14-16H,5-8,13H2,1-4H3. The number of nitro benzene ring substituents is 1. The molecule has 188 valence electrons. The van der Waals surface area contributed by atoms with Gasteiger partial charge in [0.2, 0.25) is 5.16 Å². The zero-order chi connectivity index (χ0) is 25.7. The summed E-state index contributed by atoms with van der Waals surface area (Å²) in [5, 5.41) is 22.4. The van der Waals surface area contributed by atoms with Crippen LogP contribution in [0.3, 0.4) is 0 Å². The Morgan fingerprint density at radius 2 is 1.75 bits per heavy atom. The number of methoxy groups -OCH3 is 2. The summed E-state index contributed by atoms with van der Waals surface area (Å²) in [5.74, 6) is 2.59. The van der Waals surface area contributed by atoms with Crippen molar-refractivity contribution < 1.29 is 19.0 Å². The van der Waals surface area contributed by atoms with Crippen molar-refractivity contribution in [2.24, 2.45) is 0 Å². The molecule has 0 saturated carbocycles. The van der Waals surface area contributed by atoms with Crippen LogP contribution < -0.4 is 19.0 Å². The van der Waals surface area contributed by atoms with Crippen molar-refractivity contribution in [3.63, 3.8) is 0 Å². The maximum atomic E-state index is 11.2. The summed E-state index contributed by atoms with van der Waals surface area (Å²) in [6, 6.07) is 12.3. The summed E-state index contributed by atoms with van der Waals surface area (Å²) in [5.41, 5.74) is 2.47. The minimum atomic E-state index is -0.408. The quantitative estimate of drug-likeness (QED) is 0.0869. The van der Waals surface area contributed by atoms with E-state index in [-0.39, 0.29) is 5.69 Å². The van der Waals surface area contributed by atoms with Crippen LogP contribution in [0.5, 0.6) is 11.5 Å². The van der Waals surface area contributed by atoms with Crippen LogP contribution in [0.25, 0.3) is 28.0 Å². The van der Waals surface area contributed by atoms with Crippen LogP contribution in [0.1, 0.15) is 38.3 Å². The molecule has 0 saturated heterocycles. The van der Waals surface area contributed by atoms with Crippen molar-refractivity contribution in [2.75, 3.05) is 20.0 Å². The van der Waals surface area contributed by atoms with Gasteiger partial charge in [-0.1, -0.05) is 37.9 Å². The normalized spacial score (nSPS) is 11.1. The predicted molar refractivity (Wildman–Crippen MR) is 139 cm³/mol. The number of hydrogen-bond donors (Lipinski definition) is 0. The molecule has 0 amide bonds. The van der Waals surface area contributed by atoms with E-state index in [9.17, 15) is 10.1 Å². The van der Waals surface area contributed by atoms with Gasteiger partial charge in [0.1, 0.15) is 0 Å². The number of unbranched alkanes of at least 4 members (excludes halogenated alkanes) is 3. The SMILES string of the molecule is CCCCCCSc1nnc(-[n+]2c(C)cc3cc(OC)c(OC)cc3c2-c2ccc([N+](=O)[O-])cc2)[n-]1. The number of fused-ring (bicyclic) bond motifs is 1. The van der Waals surface area contributed by atoms with Gasteiger partial charge < -0.3 is 9.47 Å². The lowest BCUT2D eigenvalue weighted by Gasteiger charge is -2.19. The Kier molecular flexibility index (Phi) is 8.04. The zero-order valence-corrected chi connectivity index (χ0v) is 21.7. The molecule has 0 aliphatic rings. The Morgan fingerprint density at radius 1 is 1.03 bits per heavy atom. The second-order valence-corrected chi connectivity index (χ2v) is 9.43. The van der Waals surface area contributed by atoms with E-state index in [4.69, 9.17) is 14.5 Å². The lowest BCUT2D eigenvalue weighted by atomic mass is 10.0. The Hall–Kier alpha value is -3.66. The summed E-state index contributed by atoms with van der Waals surface area (Å²) in [4.78, 5) is 15.5. The summed E-state index contributed by atoms with van der Waals surface area (Å²) in [6.07, 6.45) is 4.73. The molecule has 0 spiro atoms. The number of rotatable bonds is 11. The highest BCUT2D eigenvalue weighted by molar-refractivity contribution is 7.99. The van der Waals surface area contributed by atoms with Crippen molar-refractivity contribution >= 4 is 28.2 Å². The van der Waals surface area contributed by atoms with Crippen molar-refractivity contribution in [1.82, 2.24) is 15.2 Å². The number of hydrogen-bond acceptors (Lipinski definition) is 7. The highest BCUT2D eigenvalue weighted by Gasteiger charge is 2.20. The van der Waals surface area contributed by atoms with Crippen molar-refractivity contribution in [2.45, 2.75) is 44.7 Å². The molecule has 4 rings (SSSR count). The fourth-order valence-electron chi connectivity index (χ4n) is 4.15. The van der Waals surface area contributed by atoms with Crippen molar-refractivity contribution in [1.29, 1.82) is 0 Å². The highest BCUT2D eigenvalue weighted by atomic mass is 32.2. The van der Waals surface area contributed by atoms with E-state index < -0.39 is 4.92 Å². The topological polar surface area (TPSA) is 105 Å². The van der Waals surface area contributed by atoms with E-state index in [1.807, 2.05) is 29.7 Å². The fourth-order valence-corrected chi connectivity index (χ4v) is 4.93. The molecule has 9 nitrogen and oxygen atoms in total. The Labute approximate surface area is 214 Å². The number of benzene rings is 2. The fraction of sp³-hybridized carbons (Fsp3) is 0.346. The molecule has 0 unspecified atom stereocenters. The second kappa shape index (κ2) is 11.4. The third-order valence-corrected chi connectivity index (χ3v) is 6.88. The van der Waals surface area contributed by atoms with Gasteiger partial charge in [-0.05, 0) is 54.6 Å². The number of ether oxygens (including phenoxy) is 2. The number of aryl methyl sites for hydroxylation is 1. The van der Waals surface area contributed by atoms with E-state index >= 15 is 0 Å². The van der Waals surface area contributed by atoms with Crippen LogP contribution in [0.4, 0.5) is 5.69 Å². The van der Waals surface area contributed by atoms with Gasteiger partial charge in [0.05, 0.1) is 24.8 Å². The first-order valence-electron chi connectivity index (χ1n) is 11.8. The van der Waals surface area contributed by atoms with Gasteiger partial charge in [0.15, 0.2) is 11.5 Å². The lowest BCUT2D eigenvalue weighted by Crippen LogP contribution is -2.39. The molecule has 0 fully saturated rings. The number of thioether (sulfide) groups is 1. The maximum absolute atomic E-state index is 11.2. The summed E-state index contributed by atoms with van der Waals surface area (Å²) >= 11 is 1.60. The highest BCUT2D eigenvalue weighted by Crippen LogP contribution is 2.37. The third kappa shape index (κ3) is 5.28. The third-order valence-electron chi connectivity index (χ3n) is 5.95. The van der Waals surface area contributed by atoms with E-state index in [1.54, 1.807) is 38.1 Å². The molecule has 2 heterocycles. The Bertz CT molecular complexity index is 1370. The van der Waals surface area contributed by atoms with Crippen LogP contribution in [0.15, 0.2) is 47.6 Å². The Morgan fingerprint density at radius 3 is 2.42 bits per heavy atom. The van der Waals surface area contributed by atoms with Gasteiger partial charge in [-0.25, -0.2) is 0 Å². The van der Waals surface area contributed by atoms with E-state index in [1.165, 1.54) is 31.4 Å². The summed E-state index contributed by atoms with van der Waals surface area (Å²) in [7, 11) is 3.19. The van der Waals surface area contributed by atoms with Gasteiger partial charge >= 0.3 is 0 Å². The minimum absolute atomic E-state index is 0.0227. The number of aromatic nitrogens is 4. The van der Waals surface area contributed by atoms with Crippen LogP contribution in [0, 0.1) is 17.0 Å². The molecule has 0 radical (unpaired) electrons. The molecule has 36 heavy (non-hydrogen) atoms. The molecular weight excluding hydrogens is 478 g/mol. The molecule has 2 aromatic heterocycles. The number of nitro groups is 1. The first kappa shape index (κ1) is 25.4. The second-order valence-electron chi connectivity index (χ2n) is 8.37. The molecular formula is C26H29N5O4S. The van der Waals surface area contributed by atoms with Gasteiger partial charge in [0.25, 0.3) is 11.6 Å². The van der Waals surface area contributed by atoms with Gasteiger partial charge in [-0.3, -0.25) is 14.7 Å². The number of non-ortho nitro benzene ring substituents is 1. The van der Waals surface area contributed by atoms with E-state index in [2.05, 4.69) is 17.1 Å². The Balaban J connectivity index is 1.85. The number of nitrogens with zero attached hydrogens (tertiary/aromatic N) is 5. The average Bonchev–Trinajstić information content (AvgIpc) is 3.35. The van der Waals surface area contributed by atoms with Gasteiger partial charge in [0, 0.05) is 29.0 Å². The minimum Gasteiger partial charge on any atom is -0.493 e. The van der Waals surface area contributed by atoms with Crippen molar-refractivity contribution in [3.05, 3.63) is 58.3 Å². The summed E-state index contributed by atoms with van der Waals surface area (Å²) in [6.45, 7) is 4.17. The average molecular weight is 508 g/mol. The molecule has 0 aliphatic heterocycles. The molecule has 0 atom stereocenters. The molecule has 0 bridgehead atoms. The van der Waals surface area contributed by atoms with Crippen LogP contribution in [0.2, 0.25) is 0 Å².